The van der Waals surface area contributed by atoms with E-state index in [1.807, 2.05) is 30.3 Å². The lowest BCUT2D eigenvalue weighted by Gasteiger charge is -1.90. The van der Waals surface area contributed by atoms with Gasteiger partial charge in [0.25, 0.3) is 0 Å². The fourth-order valence-corrected chi connectivity index (χ4v) is 1.02. The smallest absolute Gasteiger partial charge is 0.179 e. The first-order valence-corrected chi connectivity index (χ1v) is 3.32. The summed E-state index contributed by atoms with van der Waals surface area (Å²) < 4.78 is 0. The van der Waals surface area contributed by atoms with Gasteiger partial charge in [0.15, 0.2) is 6.23 Å². The maximum Gasteiger partial charge on any atom is 0.179 e. The third kappa shape index (κ3) is 0.916. The molecule has 1 aromatic rings. The molecule has 0 aliphatic carbocycles. The van der Waals surface area contributed by atoms with Gasteiger partial charge in [-0.15, -0.1) is 0 Å². The first kappa shape index (κ1) is 5.89. The van der Waals surface area contributed by atoms with Crippen molar-refractivity contribution >= 4 is 0 Å². The number of hydrogen-bond acceptors (Lipinski definition) is 2. The van der Waals surface area contributed by atoms with Crippen LogP contribution in [0.3, 0.4) is 0 Å². The predicted octanol–water partition coefficient (Wildman–Crippen LogP) is 1.56. The fourth-order valence-electron chi connectivity index (χ4n) is 1.02. The van der Waals surface area contributed by atoms with E-state index < -0.39 is 0 Å². The average Bonchev–Trinajstić information content (AvgIpc) is 2.69. The van der Waals surface area contributed by atoms with Gasteiger partial charge < -0.3 is 0 Å². The Hall–Kier alpha value is -0.860. The minimum Gasteiger partial charge on any atom is -0.270 e. The van der Waals surface area contributed by atoms with Gasteiger partial charge in [0.1, 0.15) is 0 Å². The molecule has 10 heavy (non-hydrogen) atoms. The van der Waals surface area contributed by atoms with Gasteiger partial charge >= 0.3 is 0 Å². The molecule has 1 heterocycles. The van der Waals surface area contributed by atoms with Gasteiger partial charge in [-0.2, -0.15) is 5.06 Å². The van der Waals surface area contributed by atoms with Crippen LogP contribution in [0.15, 0.2) is 30.3 Å². The van der Waals surface area contributed by atoms with Crippen LogP contribution in [-0.2, 0) is 4.84 Å². The van der Waals surface area contributed by atoms with Crippen molar-refractivity contribution < 1.29 is 4.84 Å². The van der Waals surface area contributed by atoms with Crippen LogP contribution in [0.4, 0.5) is 0 Å². The van der Waals surface area contributed by atoms with E-state index in [2.05, 4.69) is 12.1 Å². The Labute approximate surface area is 60.0 Å². The molecule has 2 heteroatoms. The molecule has 2 atom stereocenters. The summed E-state index contributed by atoms with van der Waals surface area (Å²) in [5, 5.41) is 1.83. The van der Waals surface area contributed by atoms with E-state index in [4.69, 9.17) is 4.84 Å². The van der Waals surface area contributed by atoms with Crippen molar-refractivity contribution in [2.45, 2.75) is 6.23 Å². The second-order valence-corrected chi connectivity index (χ2v) is 2.41. The van der Waals surface area contributed by atoms with Crippen molar-refractivity contribution in [3.05, 3.63) is 35.9 Å². The van der Waals surface area contributed by atoms with Gasteiger partial charge in [0, 0.05) is 7.05 Å². The Kier molecular flexibility index (Phi) is 1.22. The highest BCUT2D eigenvalue weighted by Gasteiger charge is 2.33. The first-order chi connectivity index (χ1) is 4.88. The summed E-state index contributed by atoms with van der Waals surface area (Å²) >= 11 is 0. The molecule has 1 unspecified atom stereocenters. The summed E-state index contributed by atoms with van der Waals surface area (Å²) in [7, 11) is 1.93. The number of hydrogen-bond donors (Lipinski definition) is 0. The zero-order valence-corrected chi connectivity index (χ0v) is 5.82. The lowest BCUT2D eigenvalue weighted by atomic mass is 10.2. The molecule has 0 saturated carbocycles. The zero-order chi connectivity index (χ0) is 6.97. The van der Waals surface area contributed by atoms with Gasteiger partial charge in [-0.1, -0.05) is 30.3 Å². The Morgan fingerprint density at radius 3 is 2.40 bits per heavy atom. The lowest BCUT2D eigenvalue weighted by molar-refractivity contribution is 0.233. The molecule has 1 saturated heterocycles. The van der Waals surface area contributed by atoms with E-state index in [1.54, 1.807) is 0 Å². The Balaban J connectivity index is 2.20. The van der Waals surface area contributed by atoms with Gasteiger partial charge in [0.2, 0.25) is 0 Å². The number of benzene rings is 1. The highest BCUT2D eigenvalue weighted by Crippen LogP contribution is 2.33. The van der Waals surface area contributed by atoms with Crippen molar-refractivity contribution in [3.63, 3.8) is 0 Å². The second-order valence-electron chi connectivity index (χ2n) is 2.41. The second kappa shape index (κ2) is 2.08. The van der Waals surface area contributed by atoms with Gasteiger partial charge in [-0.25, -0.2) is 0 Å². The summed E-state index contributed by atoms with van der Waals surface area (Å²) in [4.78, 5) is 5.14. The standard InChI is InChI=1S/C8H9NO/c1-9-8(10-9)7-5-3-2-4-6-7/h2-6,8H,1H3/t8-,9?/m0/s1. The van der Waals surface area contributed by atoms with Crippen LogP contribution in [0, 0.1) is 0 Å². The largest absolute Gasteiger partial charge is 0.270 e. The van der Waals surface area contributed by atoms with E-state index in [0.29, 0.717) is 0 Å². The molecule has 0 N–H and O–H groups in total. The minimum absolute atomic E-state index is 0.209. The Bertz CT molecular complexity index is 222. The van der Waals surface area contributed by atoms with Crippen molar-refractivity contribution in [3.8, 4) is 0 Å². The molecule has 2 rings (SSSR count). The van der Waals surface area contributed by atoms with Crippen molar-refractivity contribution in [1.82, 2.24) is 5.06 Å². The summed E-state index contributed by atoms with van der Waals surface area (Å²) in [6.07, 6.45) is 0.209. The highest BCUT2D eigenvalue weighted by molar-refractivity contribution is 5.18. The van der Waals surface area contributed by atoms with Crippen LogP contribution in [0.5, 0.6) is 0 Å². The monoisotopic (exact) mass is 135 g/mol. The molecule has 1 aliphatic rings. The number of nitrogens with zero attached hydrogens (tertiary/aromatic N) is 1. The highest BCUT2D eigenvalue weighted by atomic mass is 16.8. The van der Waals surface area contributed by atoms with E-state index >= 15 is 0 Å². The molecule has 1 aromatic carbocycles. The van der Waals surface area contributed by atoms with Crippen molar-refractivity contribution in [2.75, 3.05) is 7.05 Å². The normalized spacial score (nSPS) is 30.1. The maximum absolute atomic E-state index is 5.14. The maximum atomic E-state index is 5.14. The van der Waals surface area contributed by atoms with Gasteiger partial charge in [-0.3, -0.25) is 4.84 Å². The Morgan fingerprint density at radius 2 is 1.90 bits per heavy atom. The third-order valence-electron chi connectivity index (χ3n) is 1.64. The molecule has 0 amide bonds. The topological polar surface area (TPSA) is 15.5 Å². The van der Waals surface area contributed by atoms with Crippen LogP contribution >= 0.6 is 0 Å². The number of hydroxylamine groups is 2. The average molecular weight is 135 g/mol. The van der Waals surface area contributed by atoms with Crippen LogP contribution in [0.25, 0.3) is 0 Å². The van der Waals surface area contributed by atoms with Crippen LogP contribution in [-0.4, -0.2) is 12.1 Å². The van der Waals surface area contributed by atoms with E-state index in [9.17, 15) is 0 Å². The SMILES string of the molecule is CN1O[C@H]1c1ccccc1. The van der Waals surface area contributed by atoms with E-state index in [0.717, 1.165) is 0 Å². The van der Waals surface area contributed by atoms with Gasteiger partial charge in [-0.05, 0) is 5.56 Å². The zero-order valence-electron chi connectivity index (χ0n) is 5.82. The molecule has 0 aromatic heterocycles. The molecular formula is C8H9NO. The van der Waals surface area contributed by atoms with E-state index in [1.165, 1.54) is 5.56 Å². The molecular weight excluding hydrogens is 126 g/mol. The minimum atomic E-state index is 0.209. The summed E-state index contributed by atoms with van der Waals surface area (Å²) in [5.74, 6) is 0. The van der Waals surface area contributed by atoms with Crippen molar-refractivity contribution in [1.29, 1.82) is 0 Å². The van der Waals surface area contributed by atoms with Crippen LogP contribution in [0.1, 0.15) is 11.8 Å². The molecule has 52 valence electrons. The van der Waals surface area contributed by atoms with Gasteiger partial charge in [0.05, 0.1) is 0 Å². The molecule has 1 aliphatic heterocycles. The third-order valence-corrected chi connectivity index (χ3v) is 1.64. The van der Waals surface area contributed by atoms with Crippen LogP contribution < -0.4 is 0 Å². The predicted molar refractivity (Wildman–Crippen MR) is 38.0 cm³/mol. The number of rotatable bonds is 1. The Morgan fingerprint density at radius 1 is 1.30 bits per heavy atom. The summed E-state index contributed by atoms with van der Waals surface area (Å²) in [6.45, 7) is 0. The molecule has 1 fully saturated rings. The van der Waals surface area contributed by atoms with Crippen LogP contribution in [0.2, 0.25) is 0 Å². The van der Waals surface area contributed by atoms with Crippen molar-refractivity contribution in [2.24, 2.45) is 0 Å². The summed E-state index contributed by atoms with van der Waals surface area (Å²) in [5.41, 5.74) is 1.23. The van der Waals surface area contributed by atoms with E-state index in [-0.39, 0.29) is 6.23 Å². The molecule has 0 spiro atoms. The first-order valence-electron chi connectivity index (χ1n) is 3.32. The molecule has 0 bridgehead atoms. The molecule has 0 radical (unpaired) electrons. The lowest BCUT2D eigenvalue weighted by Crippen LogP contribution is -1.86. The quantitative estimate of drug-likeness (QED) is 0.543. The fraction of sp³-hybridized carbons (Fsp3) is 0.250. The molecule has 2 nitrogen and oxygen atoms in total. The summed E-state index contributed by atoms with van der Waals surface area (Å²) in [6, 6.07) is 10.2.